The number of ether oxygens (including phenoxy) is 2. The number of esters is 1. The highest BCUT2D eigenvalue weighted by Crippen LogP contribution is 2.24. The first-order valence-corrected chi connectivity index (χ1v) is 7.49. The number of aliphatic imine (C=N–C) groups is 1. The first-order chi connectivity index (χ1) is 11.2. The van der Waals surface area contributed by atoms with Gasteiger partial charge in [0.15, 0.2) is 5.70 Å². The first-order valence-electron chi connectivity index (χ1n) is 7.49. The highest BCUT2D eigenvalue weighted by Gasteiger charge is 2.24. The molecule has 0 atom stereocenters. The molecule has 0 N–H and O–H groups in total. The number of rotatable bonds is 4. The molecule has 2 aromatic rings. The molecule has 23 heavy (non-hydrogen) atoms. The molecular weight excluding hydrogens is 290 g/mol. The summed E-state index contributed by atoms with van der Waals surface area (Å²) < 4.78 is 10.9. The minimum absolute atomic E-state index is 0.272. The molecule has 116 valence electrons. The van der Waals surface area contributed by atoms with Crippen LogP contribution in [0, 0.1) is 6.92 Å². The van der Waals surface area contributed by atoms with Gasteiger partial charge in [0.25, 0.3) is 0 Å². The van der Waals surface area contributed by atoms with Crippen LogP contribution in [0.15, 0.2) is 59.2 Å². The van der Waals surface area contributed by atoms with Gasteiger partial charge in [-0.05, 0) is 38.1 Å². The second-order valence-electron chi connectivity index (χ2n) is 5.18. The van der Waals surface area contributed by atoms with Gasteiger partial charge in [0.05, 0.1) is 6.61 Å². The third-order valence-electron chi connectivity index (χ3n) is 3.40. The molecule has 3 rings (SSSR count). The maximum absolute atomic E-state index is 12.1. The van der Waals surface area contributed by atoms with Gasteiger partial charge in [-0.15, -0.1) is 0 Å². The molecule has 0 bridgehead atoms. The predicted molar refractivity (Wildman–Crippen MR) is 89.4 cm³/mol. The smallest absolute Gasteiger partial charge is 0.363 e. The number of aryl methyl sites for hydroxylation is 1. The van der Waals surface area contributed by atoms with Crippen molar-refractivity contribution in [2.75, 3.05) is 6.61 Å². The van der Waals surface area contributed by atoms with E-state index in [1.165, 1.54) is 0 Å². The monoisotopic (exact) mass is 307 g/mol. The maximum atomic E-state index is 12.1. The van der Waals surface area contributed by atoms with Crippen LogP contribution < -0.4 is 4.74 Å². The Hall–Kier alpha value is -2.88. The summed E-state index contributed by atoms with van der Waals surface area (Å²) in [6, 6.07) is 15.2. The Bertz CT molecular complexity index is 806. The minimum atomic E-state index is -0.451. The van der Waals surface area contributed by atoms with Gasteiger partial charge >= 0.3 is 5.97 Å². The van der Waals surface area contributed by atoms with Gasteiger partial charge in [-0.3, -0.25) is 0 Å². The van der Waals surface area contributed by atoms with Gasteiger partial charge in [0.1, 0.15) is 5.75 Å². The van der Waals surface area contributed by atoms with Gasteiger partial charge in [0, 0.05) is 11.1 Å². The summed E-state index contributed by atoms with van der Waals surface area (Å²) in [6.07, 6.45) is 1.69. The lowest BCUT2D eigenvalue weighted by Crippen LogP contribution is -2.05. The standard InChI is InChI=1S/C19H17NO3/c1-3-22-17-10-5-4-8-14(17)12-16-19(21)23-18(20-16)15-9-6-7-13(2)11-15/h4-12H,3H2,1-2H3/b16-12-. The molecule has 0 aliphatic carbocycles. The molecule has 4 heteroatoms. The summed E-state index contributed by atoms with van der Waals surface area (Å²) in [6.45, 7) is 4.46. The zero-order valence-electron chi connectivity index (χ0n) is 13.1. The lowest BCUT2D eigenvalue weighted by molar-refractivity contribution is -0.129. The predicted octanol–water partition coefficient (Wildman–Crippen LogP) is 3.74. The lowest BCUT2D eigenvalue weighted by Gasteiger charge is -2.06. The Morgan fingerprint density at radius 2 is 2.00 bits per heavy atom. The fourth-order valence-corrected chi connectivity index (χ4v) is 2.34. The molecule has 0 spiro atoms. The number of nitrogens with zero attached hydrogens (tertiary/aromatic N) is 1. The van der Waals surface area contributed by atoms with Crippen molar-refractivity contribution in [3.63, 3.8) is 0 Å². The van der Waals surface area contributed by atoms with Gasteiger partial charge in [-0.2, -0.15) is 0 Å². The van der Waals surface area contributed by atoms with Crippen LogP contribution in [0.5, 0.6) is 5.75 Å². The van der Waals surface area contributed by atoms with Crippen LogP contribution in [-0.4, -0.2) is 18.5 Å². The first kappa shape index (κ1) is 15.0. The molecule has 0 aromatic heterocycles. The summed E-state index contributed by atoms with van der Waals surface area (Å²) in [5, 5.41) is 0. The SMILES string of the molecule is CCOc1ccccc1/C=C1\N=C(c2cccc(C)c2)OC1=O. The molecule has 1 aliphatic rings. The Labute approximate surface area is 135 Å². The number of carbonyl (C=O) groups excluding carboxylic acids is 1. The van der Waals surface area contributed by atoms with Gasteiger partial charge in [-0.25, -0.2) is 9.79 Å². The van der Waals surface area contributed by atoms with Crippen LogP contribution in [-0.2, 0) is 9.53 Å². The van der Waals surface area contributed by atoms with Crippen LogP contribution >= 0.6 is 0 Å². The summed E-state index contributed by atoms with van der Waals surface area (Å²) >= 11 is 0. The van der Waals surface area contributed by atoms with E-state index >= 15 is 0 Å². The van der Waals surface area contributed by atoms with Crippen LogP contribution in [0.4, 0.5) is 0 Å². The third kappa shape index (κ3) is 3.31. The summed E-state index contributed by atoms with van der Waals surface area (Å²) in [5.41, 5.74) is 2.95. The molecular formula is C19H17NO3. The molecule has 1 heterocycles. The normalized spacial score (nSPS) is 15.5. The Morgan fingerprint density at radius 3 is 2.78 bits per heavy atom. The molecule has 0 fully saturated rings. The number of hydrogen-bond donors (Lipinski definition) is 0. The second-order valence-corrected chi connectivity index (χ2v) is 5.18. The van der Waals surface area contributed by atoms with E-state index < -0.39 is 5.97 Å². The van der Waals surface area contributed by atoms with E-state index in [0.29, 0.717) is 12.5 Å². The summed E-state index contributed by atoms with van der Waals surface area (Å²) in [4.78, 5) is 16.4. The number of cyclic esters (lactones) is 1. The van der Waals surface area contributed by atoms with Crippen LogP contribution in [0.3, 0.4) is 0 Å². The minimum Gasteiger partial charge on any atom is -0.493 e. The van der Waals surface area contributed by atoms with E-state index in [1.807, 2.05) is 62.4 Å². The number of hydrogen-bond acceptors (Lipinski definition) is 4. The zero-order valence-corrected chi connectivity index (χ0v) is 13.1. The van der Waals surface area contributed by atoms with Crippen molar-refractivity contribution in [2.45, 2.75) is 13.8 Å². The van der Waals surface area contributed by atoms with Crippen molar-refractivity contribution in [1.29, 1.82) is 0 Å². The largest absolute Gasteiger partial charge is 0.493 e. The second kappa shape index (κ2) is 6.48. The third-order valence-corrected chi connectivity index (χ3v) is 3.40. The van der Waals surface area contributed by atoms with Crippen LogP contribution in [0.1, 0.15) is 23.6 Å². The fraction of sp³-hybridized carbons (Fsp3) is 0.158. The van der Waals surface area contributed by atoms with Crippen molar-refractivity contribution >= 4 is 17.9 Å². The molecule has 0 saturated heterocycles. The van der Waals surface area contributed by atoms with Crippen LogP contribution in [0.2, 0.25) is 0 Å². The topological polar surface area (TPSA) is 47.9 Å². The highest BCUT2D eigenvalue weighted by atomic mass is 16.6. The maximum Gasteiger partial charge on any atom is 0.363 e. The van der Waals surface area contributed by atoms with Gasteiger partial charge in [-0.1, -0.05) is 35.9 Å². The van der Waals surface area contributed by atoms with Crippen LogP contribution in [0.25, 0.3) is 6.08 Å². The molecule has 0 radical (unpaired) electrons. The molecule has 4 nitrogen and oxygen atoms in total. The Morgan fingerprint density at radius 1 is 1.17 bits per heavy atom. The average Bonchev–Trinajstić information content (AvgIpc) is 2.91. The van der Waals surface area contributed by atoms with E-state index in [1.54, 1.807) is 6.08 Å². The summed E-state index contributed by atoms with van der Waals surface area (Å²) in [5.74, 6) is 0.598. The number of para-hydroxylation sites is 1. The molecule has 0 amide bonds. The Kier molecular flexibility index (Phi) is 4.24. The molecule has 1 aliphatic heterocycles. The average molecular weight is 307 g/mol. The van der Waals surface area contributed by atoms with Crippen molar-refractivity contribution in [3.05, 3.63) is 70.9 Å². The van der Waals surface area contributed by atoms with Crippen molar-refractivity contribution in [3.8, 4) is 5.75 Å². The Balaban J connectivity index is 1.95. The quantitative estimate of drug-likeness (QED) is 0.638. The number of benzene rings is 2. The summed E-state index contributed by atoms with van der Waals surface area (Å²) in [7, 11) is 0. The highest BCUT2D eigenvalue weighted by molar-refractivity contribution is 6.13. The van der Waals surface area contributed by atoms with E-state index in [0.717, 1.165) is 22.4 Å². The lowest BCUT2D eigenvalue weighted by atomic mass is 10.1. The van der Waals surface area contributed by atoms with E-state index in [2.05, 4.69) is 4.99 Å². The zero-order chi connectivity index (χ0) is 16.2. The van der Waals surface area contributed by atoms with E-state index in [9.17, 15) is 4.79 Å². The van der Waals surface area contributed by atoms with Crippen molar-refractivity contribution < 1.29 is 14.3 Å². The fourth-order valence-electron chi connectivity index (χ4n) is 2.34. The van der Waals surface area contributed by atoms with Gasteiger partial charge < -0.3 is 9.47 Å². The number of carbonyl (C=O) groups is 1. The molecule has 0 unspecified atom stereocenters. The van der Waals surface area contributed by atoms with Crippen molar-refractivity contribution in [1.82, 2.24) is 0 Å². The van der Waals surface area contributed by atoms with E-state index in [-0.39, 0.29) is 5.70 Å². The van der Waals surface area contributed by atoms with E-state index in [4.69, 9.17) is 9.47 Å². The molecule has 2 aromatic carbocycles. The van der Waals surface area contributed by atoms with Crippen molar-refractivity contribution in [2.24, 2.45) is 4.99 Å². The molecule has 0 saturated carbocycles. The van der Waals surface area contributed by atoms with Gasteiger partial charge in [0.2, 0.25) is 5.90 Å².